The van der Waals surface area contributed by atoms with Gasteiger partial charge < -0.3 is 4.98 Å². The van der Waals surface area contributed by atoms with Gasteiger partial charge in [0.1, 0.15) is 0 Å². The average molecular weight is 149 g/mol. The number of rotatable bonds is 0. The van der Waals surface area contributed by atoms with Gasteiger partial charge in [-0.2, -0.15) is 0 Å². The van der Waals surface area contributed by atoms with Gasteiger partial charge in [-0.25, -0.2) is 0 Å². The molecule has 1 nitrogen and oxygen atoms in total. The minimum atomic E-state index is 0.325. The van der Waals surface area contributed by atoms with Gasteiger partial charge in [-0.3, -0.25) is 0 Å². The van der Waals surface area contributed by atoms with Crippen LogP contribution in [0.4, 0.5) is 0 Å². The third kappa shape index (κ3) is 0.536. The molecular formula is C10H15N. The second-order valence-electron chi connectivity index (χ2n) is 4.52. The number of aromatic nitrogens is 1. The van der Waals surface area contributed by atoms with Crippen molar-refractivity contribution in [2.75, 3.05) is 0 Å². The molecule has 1 aliphatic rings. The molecule has 1 heteroatoms. The fourth-order valence-electron chi connectivity index (χ4n) is 1.99. The number of hydrogen-bond acceptors (Lipinski definition) is 0. The highest BCUT2D eigenvalue weighted by Crippen LogP contribution is 2.54. The Morgan fingerprint density at radius 3 is 2.27 bits per heavy atom. The highest BCUT2D eigenvalue weighted by molar-refractivity contribution is 5.48. The van der Waals surface area contributed by atoms with Crippen molar-refractivity contribution < 1.29 is 0 Å². The molecule has 0 bridgehead atoms. The van der Waals surface area contributed by atoms with Crippen molar-refractivity contribution in [2.24, 2.45) is 0 Å². The van der Waals surface area contributed by atoms with Gasteiger partial charge in [0.05, 0.1) is 0 Å². The first-order chi connectivity index (χ1) is 4.98. The Hall–Kier alpha value is -0.720. The Morgan fingerprint density at radius 1 is 1.09 bits per heavy atom. The van der Waals surface area contributed by atoms with Crippen molar-refractivity contribution >= 4 is 0 Å². The summed E-state index contributed by atoms with van der Waals surface area (Å²) in [4.78, 5) is 3.30. The second-order valence-corrected chi connectivity index (χ2v) is 4.52. The summed E-state index contributed by atoms with van der Waals surface area (Å²) in [6, 6.07) is 2.20. The van der Waals surface area contributed by atoms with Gasteiger partial charge >= 0.3 is 0 Å². The van der Waals surface area contributed by atoms with Crippen LogP contribution in [0.2, 0.25) is 0 Å². The van der Waals surface area contributed by atoms with E-state index >= 15 is 0 Å². The van der Waals surface area contributed by atoms with Crippen LogP contribution in [0.25, 0.3) is 0 Å². The minimum Gasteiger partial charge on any atom is -0.364 e. The fraction of sp³-hybridized carbons (Fsp3) is 0.600. The molecule has 1 aromatic heterocycles. The normalized spacial score (nSPS) is 24.0. The Morgan fingerprint density at radius 2 is 1.73 bits per heavy atom. The first-order valence-corrected chi connectivity index (χ1v) is 4.16. The summed E-state index contributed by atoms with van der Waals surface area (Å²) in [5.74, 6) is 0. The van der Waals surface area contributed by atoms with Gasteiger partial charge in [0, 0.05) is 22.7 Å². The Kier molecular flexibility index (Phi) is 0.978. The molecule has 0 unspecified atom stereocenters. The van der Waals surface area contributed by atoms with Crippen molar-refractivity contribution in [3.63, 3.8) is 0 Å². The molecule has 0 amide bonds. The van der Waals surface area contributed by atoms with Gasteiger partial charge in [0.2, 0.25) is 0 Å². The Balaban J connectivity index is 2.63. The summed E-state index contributed by atoms with van der Waals surface area (Å²) in [6.45, 7) is 9.21. The maximum absolute atomic E-state index is 3.30. The molecule has 0 radical (unpaired) electrons. The number of hydrogen-bond donors (Lipinski definition) is 1. The standard InChI is InChI=1S/C10H15N/c1-9(2)7-5-6-11-8(7)10(9,3)4/h5-6,11H,1-4H3. The molecule has 0 spiro atoms. The Bertz CT molecular complexity index is 263. The molecule has 1 aromatic rings. The summed E-state index contributed by atoms with van der Waals surface area (Å²) >= 11 is 0. The van der Waals surface area contributed by atoms with Crippen LogP contribution >= 0.6 is 0 Å². The summed E-state index contributed by atoms with van der Waals surface area (Å²) in [5.41, 5.74) is 3.58. The number of H-pyrrole nitrogens is 1. The maximum Gasteiger partial charge on any atom is 0.0251 e. The number of fused-ring (bicyclic) bond motifs is 1. The van der Waals surface area contributed by atoms with Crippen LogP contribution in [0.1, 0.15) is 39.0 Å². The van der Waals surface area contributed by atoms with Crippen LogP contribution in [0, 0.1) is 0 Å². The molecule has 1 aliphatic carbocycles. The molecule has 0 fully saturated rings. The molecule has 60 valence electrons. The molecule has 0 aliphatic heterocycles. The lowest BCUT2D eigenvalue weighted by atomic mass is 9.52. The van der Waals surface area contributed by atoms with E-state index in [1.165, 1.54) is 11.3 Å². The lowest BCUT2D eigenvalue weighted by Crippen LogP contribution is -2.50. The highest BCUT2D eigenvalue weighted by Gasteiger charge is 2.52. The number of nitrogens with one attached hydrogen (secondary N) is 1. The highest BCUT2D eigenvalue weighted by atomic mass is 14.8. The predicted molar refractivity (Wildman–Crippen MR) is 46.8 cm³/mol. The van der Waals surface area contributed by atoms with Crippen LogP contribution in [-0.2, 0) is 10.8 Å². The van der Waals surface area contributed by atoms with E-state index in [0.717, 1.165) is 0 Å². The van der Waals surface area contributed by atoms with E-state index in [9.17, 15) is 0 Å². The Labute approximate surface area is 67.8 Å². The molecular weight excluding hydrogens is 134 g/mol. The van der Waals surface area contributed by atoms with Gasteiger partial charge in [0.15, 0.2) is 0 Å². The predicted octanol–water partition coefficient (Wildman–Crippen LogP) is 2.58. The third-order valence-corrected chi connectivity index (χ3v) is 3.61. The zero-order valence-electron chi connectivity index (χ0n) is 7.65. The largest absolute Gasteiger partial charge is 0.364 e. The monoisotopic (exact) mass is 149 g/mol. The second kappa shape index (κ2) is 1.55. The first-order valence-electron chi connectivity index (χ1n) is 4.16. The van der Waals surface area contributed by atoms with Gasteiger partial charge in [0.25, 0.3) is 0 Å². The molecule has 0 aromatic carbocycles. The van der Waals surface area contributed by atoms with E-state index in [1.807, 2.05) is 6.20 Å². The van der Waals surface area contributed by atoms with E-state index in [0.29, 0.717) is 10.8 Å². The van der Waals surface area contributed by atoms with Crippen molar-refractivity contribution in [1.82, 2.24) is 4.98 Å². The van der Waals surface area contributed by atoms with Crippen LogP contribution in [-0.4, -0.2) is 4.98 Å². The molecule has 0 atom stereocenters. The van der Waals surface area contributed by atoms with Gasteiger partial charge in [-0.1, -0.05) is 27.7 Å². The lowest BCUT2D eigenvalue weighted by molar-refractivity contribution is 0.236. The van der Waals surface area contributed by atoms with E-state index in [-0.39, 0.29) is 0 Å². The van der Waals surface area contributed by atoms with E-state index in [1.54, 1.807) is 0 Å². The van der Waals surface area contributed by atoms with E-state index in [4.69, 9.17) is 0 Å². The van der Waals surface area contributed by atoms with E-state index < -0.39 is 0 Å². The molecule has 1 heterocycles. The molecule has 2 rings (SSSR count). The molecule has 1 N–H and O–H groups in total. The average Bonchev–Trinajstić information content (AvgIpc) is 2.32. The number of aromatic amines is 1. The first kappa shape index (κ1) is 6.96. The quantitative estimate of drug-likeness (QED) is 0.583. The molecule has 0 saturated heterocycles. The summed E-state index contributed by atoms with van der Waals surface area (Å²) in [6.07, 6.45) is 2.04. The fourth-order valence-corrected chi connectivity index (χ4v) is 1.99. The van der Waals surface area contributed by atoms with Crippen LogP contribution in [0.5, 0.6) is 0 Å². The van der Waals surface area contributed by atoms with E-state index in [2.05, 4.69) is 38.7 Å². The summed E-state index contributed by atoms with van der Waals surface area (Å²) < 4.78 is 0. The van der Waals surface area contributed by atoms with Gasteiger partial charge in [-0.15, -0.1) is 0 Å². The lowest BCUT2D eigenvalue weighted by Gasteiger charge is -2.51. The summed E-state index contributed by atoms with van der Waals surface area (Å²) in [5, 5.41) is 0. The van der Waals surface area contributed by atoms with Crippen LogP contribution in [0.15, 0.2) is 12.3 Å². The third-order valence-electron chi connectivity index (χ3n) is 3.61. The summed E-state index contributed by atoms with van der Waals surface area (Å²) in [7, 11) is 0. The zero-order chi connectivity index (χ0) is 8.28. The smallest absolute Gasteiger partial charge is 0.0251 e. The van der Waals surface area contributed by atoms with Crippen molar-refractivity contribution in [1.29, 1.82) is 0 Å². The van der Waals surface area contributed by atoms with Crippen LogP contribution < -0.4 is 0 Å². The van der Waals surface area contributed by atoms with Gasteiger partial charge in [-0.05, 0) is 11.6 Å². The maximum atomic E-state index is 3.30. The van der Waals surface area contributed by atoms with Crippen LogP contribution in [0.3, 0.4) is 0 Å². The SMILES string of the molecule is CC1(C)c2cc[nH]c2C1(C)C. The van der Waals surface area contributed by atoms with Crippen molar-refractivity contribution in [3.05, 3.63) is 23.5 Å². The van der Waals surface area contributed by atoms with Crippen molar-refractivity contribution in [3.8, 4) is 0 Å². The molecule has 11 heavy (non-hydrogen) atoms. The zero-order valence-corrected chi connectivity index (χ0v) is 7.65. The molecule has 0 saturated carbocycles. The van der Waals surface area contributed by atoms with Crippen molar-refractivity contribution in [2.45, 2.75) is 38.5 Å². The topological polar surface area (TPSA) is 15.8 Å². The minimum absolute atomic E-state index is 0.325.